The van der Waals surface area contributed by atoms with Crippen molar-refractivity contribution in [1.82, 2.24) is 4.98 Å². The highest BCUT2D eigenvalue weighted by atomic mass is 35.5. The summed E-state index contributed by atoms with van der Waals surface area (Å²) in [6.07, 6.45) is -0.686. The van der Waals surface area contributed by atoms with E-state index in [1.807, 2.05) is 0 Å². The smallest absolute Gasteiger partial charge is 0.412 e. The van der Waals surface area contributed by atoms with E-state index in [0.717, 1.165) is 0 Å². The first-order chi connectivity index (χ1) is 8.19. The second-order valence-corrected chi connectivity index (χ2v) is 4.82. The summed E-state index contributed by atoms with van der Waals surface area (Å²) in [5, 5.41) is 11.0. The molecule has 1 aromatic heterocycles. The van der Waals surface area contributed by atoms with Gasteiger partial charge in [-0.2, -0.15) is 0 Å². The number of nitrogens with zero attached hydrogens (tertiary/aromatic N) is 1. The fourth-order valence-electron chi connectivity index (χ4n) is 1.06. The van der Waals surface area contributed by atoms with Crippen molar-refractivity contribution in [3.8, 4) is 0 Å². The van der Waals surface area contributed by atoms with E-state index in [0.29, 0.717) is 0 Å². The molecule has 1 heterocycles. The van der Waals surface area contributed by atoms with E-state index in [1.54, 1.807) is 20.8 Å². The third kappa shape index (κ3) is 4.21. The fourth-order valence-corrected chi connectivity index (χ4v) is 1.26. The standard InChI is InChI=1S/C11H13ClN2O4/c1-11(2,3)18-10(17)14-6-4-5-7(9(15)16)13-8(6)12/h4-5H,1-3H3,(H,14,17)(H,15,16). The number of rotatable bonds is 2. The van der Waals surface area contributed by atoms with Crippen LogP contribution in [0.4, 0.5) is 10.5 Å². The molecule has 7 heteroatoms. The van der Waals surface area contributed by atoms with Gasteiger partial charge < -0.3 is 9.84 Å². The number of aromatic nitrogens is 1. The summed E-state index contributed by atoms with van der Waals surface area (Å²) in [6, 6.07) is 2.59. The summed E-state index contributed by atoms with van der Waals surface area (Å²) in [5.74, 6) is -1.19. The predicted molar refractivity (Wildman–Crippen MR) is 66.1 cm³/mol. The quantitative estimate of drug-likeness (QED) is 0.808. The van der Waals surface area contributed by atoms with Crippen molar-refractivity contribution in [2.45, 2.75) is 26.4 Å². The monoisotopic (exact) mass is 272 g/mol. The number of hydrogen-bond donors (Lipinski definition) is 2. The molecular formula is C11H13ClN2O4. The van der Waals surface area contributed by atoms with Crippen LogP contribution in [0.15, 0.2) is 12.1 Å². The summed E-state index contributed by atoms with van der Waals surface area (Å²) < 4.78 is 5.02. The van der Waals surface area contributed by atoms with Crippen LogP contribution >= 0.6 is 11.6 Å². The lowest BCUT2D eigenvalue weighted by atomic mass is 10.2. The number of ether oxygens (including phenoxy) is 1. The molecule has 0 aliphatic carbocycles. The lowest BCUT2D eigenvalue weighted by Crippen LogP contribution is -2.27. The maximum absolute atomic E-state index is 11.5. The number of aromatic carboxylic acids is 1. The molecule has 0 fully saturated rings. The topological polar surface area (TPSA) is 88.5 Å². The van der Waals surface area contributed by atoms with Crippen LogP contribution < -0.4 is 5.32 Å². The van der Waals surface area contributed by atoms with Crippen LogP contribution in [0.3, 0.4) is 0 Å². The van der Waals surface area contributed by atoms with Gasteiger partial charge in [0.1, 0.15) is 11.3 Å². The highest BCUT2D eigenvalue weighted by Gasteiger charge is 2.17. The van der Waals surface area contributed by atoms with Crippen LogP contribution in [0.2, 0.25) is 5.15 Å². The van der Waals surface area contributed by atoms with Gasteiger partial charge in [-0.25, -0.2) is 14.6 Å². The molecule has 6 nitrogen and oxygen atoms in total. The van der Waals surface area contributed by atoms with Crippen molar-refractivity contribution in [2.24, 2.45) is 0 Å². The highest BCUT2D eigenvalue weighted by Crippen LogP contribution is 2.20. The van der Waals surface area contributed by atoms with Gasteiger partial charge in [-0.15, -0.1) is 0 Å². The van der Waals surface area contributed by atoms with Crippen molar-refractivity contribution >= 4 is 29.4 Å². The molecule has 0 bridgehead atoms. The minimum absolute atomic E-state index is 0.110. The Hall–Kier alpha value is -1.82. The maximum atomic E-state index is 11.5. The van der Waals surface area contributed by atoms with E-state index < -0.39 is 17.7 Å². The maximum Gasteiger partial charge on any atom is 0.412 e. The number of carboxylic acid groups (broad SMARTS) is 1. The van der Waals surface area contributed by atoms with Crippen LogP contribution in [0.5, 0.6) is 0 Å². The van der Waals surface area contributed by atoms with Crippen LogP contribution in [-0.2, 0) is 4.74 Å². The lowest BCUT2D eigenvalue weighted by molar-refractivity contribution is 0.0634. The third-order valence-electron chi connectivity index (χ3n) is 1.70. The Kier molecular flexibility index (Phi) is 4.13. The zero-order valence-corrected chi connectivity index (χ0v) is 10.9. The van der Waals surface area contributed by atoms with Crippen molar-refractivity contribution in [3.05, 3.63) is 23.0 Å². The predicted octanol–water partition coefficient (Wildman–Crippen LogP) is 2.78. The van der Waals surface area contributed by atoms with E-state index in [1.165, 1.54) is 12.1 Å². The molecule has 98 valence electrons. The number of anilines is 1. The molecule has 1 aromatic rings. The Labute approximate surface area is 109 Å². The van der Waals surface area contributed by atoms with Gasteiger partial charge >= 0.3 is 12.1 Å². The van der Waals surface area contributed by atoms with Gasteiger partial charge in [0, 0.05) is 0 Å². The molecule has 0 spiro atoms. The normalized spacial score (nSPS) is 10.9. The molecule has 0 aliphatic heterocycles. The Balaban J connectivity index is 2.80. The van der Waals surface area contributed by atoms with E-state index in [2.05, 4.69) is 10.3 Å². The number of carbonyl (C=O) groups excluding carboxylic acids is 1. The average molecular weight is 273 g/mol. The SMILES string of the molecule is CC(C)(C)OC(=O)Nc1ccc(C(=O)O)nc1Cl. The summed E-state index contributed by atoms with van der Waals surface area (Å²) >= 11 is 5.74. The van der Waals surface area contributed by atoms with Crippen molar-refractivity contribution in [2.75, 3.05) is 5.32 Å². The Morgan fingerprint density at radius 3 is 2.44 bits per heavy atom. The van der Waals surface area contributed by atoms with E-state index in [4.69, 9.17) is 21.4 Å². The van der Waals surface area contributed by atoms with Gasteiger partial charge in [0.2, 0.25) is 0 Å². The Morgan fingerprint density at radius 2 is 2.00 bits per heavy atom. The number of carbonyl (C=O) groups is 2. The molecule has 0 saturated heterocycles. The number of carboxylic acids is 1. The third-order valence-corrected chi connectivity index (χ3v) is 1.99. The number of amides is 1. The number of nitrogens with one attached hydrogen (secondary N) is 1. The lowest BCUT2D eigenvalue weighted by Gasteiger charge is -2.19. The molecule has 0 aliphatic rings. The first kappa shape index (κ1) is 14.2. The van der Waals surface area contributed by atoms with Gasteiger partial charge in [-0.3, -0.25) is 5.32 Å². The molecule has 0 aromatic carbocycles. The second kappa shape index (κ2) is 5.22. The summed E-state index contributed by atoms with van der Waals surface area (Å²) in [5.41, 5.74) is -0.643. The van der Waals surface area contributed by atoms with Crippen LogP contribution in [0.25, 0.3) is 0 Å². The van der Waals surface area contributed by atoms with Gasteiger partial charge in [0.15, 0.2) is 5.15 Å². The van der Waals surface area contributed by atoms with Gasteiger partial charge in [-0.1, -0.05) is 11.6 Å². The molecule has 0 saturated carbocycles. The molecule has 18 heavy (non-hydrogen) atoms. The van der Waals surface area contributed by atoms with E-state index in [9.17, 15) is 9.59 Å². The van der Waals surface area contributed by atoms with Crippen LogP contribution in [0.1, 0.15) is 31.3 Å². The first-order valence-corrected chi connectivity index (χ1v) is 5.46. The molecule has 1 amide bonds. The molecule has 0 radical (unpaired) electrons. The largest absolute Gasteiger partial charge is 0.477 e. The molecule has 0 unspecified atom stereocenters. The zero-order valence-electron chi connectivity index (χ0n) is 10.2. The van der Waals surface area contributed by atoms with E-state index in [-0.39, 0.29) is 16.5 Å². The minimum atomic E-state index is -1.19. The van der Waals surface area contributed by atoms with Crippen LogP contribution in [0, 0.1) is 0 Å². The van der Waals surface area contributed by atoms with Crippen LogP contribution in [-0.4, -0.2) is 27.8 Å². The van der Waals surface area contributed by atoms with Gasteiger partial charge in [0.05, 0.1) is 5.69 Å². The first-order valence-electron chi connectivity index (χ1n) is 5.09. The number of halogens is 1. The Bertz CT molecular complexity index is 482. The van der Waals surface area contributed by atoms with Crippen molar-refractivity contribution in [1.29, 1.82) is 0 Å². The number of hydrogen-bond acceptors (Lipinski definition) is 4. The fraction of sp³-hybridized carbons (Fsp3) is 0.364. The van der Waals surface area contributed by atoms with Crippen molar-refractivity contribution < 1.29 is 19.4 Å². The molecule has 0 atom stereocenters. The Morgan fingerprint density at radius 1 is 1.39 bits per heavy atom. The zero-order chi connectivity index (χ0) is 13.9. The van der Waals surface area contributed by atoms with Crippen molar-refractivity contribution in [3.63, 3.8) is 0 Å². The van der Waals surface area contributed by atoms with E-state index >= 15 is 0 Å². The highest BCUT2D eigenvalue weighted by molar-refractivity contribution is 6.32. The molecular weight excluding hydrogens is 260 g/mol. The molecule has 2 N–H and O–H groups in total. The molecule has 1 rings (SSSR count). The second-order valence-electron chi connectivity index (χ2n) is 4.47. The average Bonchev–Trinajstić information content (AvgIpc) is 2.17. The summed E-state index contributed by atoms with van der Waals surface area (Å²) in [4.78, 5) is 25.7. The van der Waals surface area contributed by atoms with Gasteiger partial charge in [-0.05, 0) is 32.9 Å². The summed E-state index contributed by atoms with van der Waals surface area (Å²) in [7, 11) is 0. The number of pyridine rings is 1. The summed E-state index contributed by atoms with van der Waals surface area (Å²) in [6.45, 7) is 5.17. The minimum Gasteiger partial charge on any atom is -0.477 e. The van der Waals surface area contributed by atoms with Gasteiger partial charge in [0.25, 0.3) is 0 Å².